The molecule has 0 saturated heterocycles. The number of carbonyl (C=O) groups excluding carboxylic acids is 1. The minimum Gasteiger partial charge on any atom is -0.504 e. The molecule has 144 valence electrons. The summed E-state index contributed by atoms with van der Waals surface area (Å²) < 4.78 is 10.6. The fourth-order valence-corrected chi connectivity index (χ4v) is 2.29. The molecule has 7 nitrogen and oxygen atoms in total. The fraction of sp³-hybridized carbons (Fsp3) is 0.300. The van der Waals surface area contributed by atoms with Gasteiger partial charge in [-0.05, 0) is 68.8 Å². The molecule has 0 unspecified atom stereocenters. The van der Waals surface area contributed by atoms with Crippen LogP contribution in [0.25, 0.3) is 0 Å². The average Bonchev–Trinajstić information content (AvgIpc) is 2.65. The quantitative estimate of drug-likeness (QED) is 0.465. The van der Waals surface area contributed by atoms with Crippen LogP contribution in [0.4, 0.5) is 5.69 Å². The van der Waals surface area contributed by atoms with Crippen LogP contribution in [0.3, 0.4) is 0 Å². The smallest absolute Gasteiger partial charge is 0.262 e. The molecule has 0 aliphatic rings. The topological polar surface area (TPSA) is 92.2 Å². The van der Waals surface area contributed by atoms with Gasteiger partial charge < -0.3 is 19.9 Å². The van der Waals surface area contributed by atoms with Gasteiger partial charge in [0.05, 0.1) is 19.4 Å². The van der Waals surface area contributed by atoms with Crippen LogP contribution in [0, 0.1) is 0 Å². The van der Waals surface area contributed by atoms with Gasteiger partial charge in [-0.25, -0.2) is 5.43 Å². The summed E-state index contributed by atoms with van der Waals surface area (Å²) in [5.41, 5.74) is 3.92. The molecule has 1 amide bonds. The number of amides is 1. The van der Waals surface area contributed by atoms with Gasteiger partial charge >= 0.3 is 0 Å². The second-order valence-electron chi connectivity index (χ2n) is 5.72. The highest BCUT2D eigenvalue weighted by atomic mass is 16.5. The average molecular weight is 371 g/mol. The number of carbonyl (C=O) groups is 1. The predicted molar refractivity (Wildman–Crippen MR) is 106 cm³/mol. The van der Waals surface area contributed by atoms with Crippen molar-refractivity contribution in [2.75, 3.05) is 18.5 Å². The zero-order chi connectivity index (χ0) is 19.6. The Morgan fingerprint density at radius 1 is 1.15 bits per heavy atom. The molecular weight excluding hydrogens is 346 g/mol. The number of anilines is 1. The second-order valence-corrected chi connectivity index (χ2v) is 5.72. The highest BCUT2D eigenvalue weighted by Gasteiger charge is 2.11. The van der Waals surface area contributed by atoms with Crippen LogP contribution in [0.15, 0.2) is 47.6 Å². The maximum atomic E-state index is 12.1. The lowest BCUT2D eigenvalue weighted by atomic mass is 10.2. The van der Waals surface area contributed by atoms with E-state index in [2.05, 4.69) is 15.8 Å². The molecule has 2 rings (SSSR count). The Morgan fingerprint density at radius 2 is 1.85 bits per heavy atom. The molecule has 0 spiro atoms. The van der Waals surface area contributed by atoms with Crippen LogP contribution in [0.5, 0.6) is 17.2 Å². The molecule has 0 aliphatic carbocycles. The van der Waals surface area contributed by atoms with E-state index in [-0.39, 0.29) is 11.7 Å². The van der Waals surface area contributed by atoms with E-state index < -0.39 is 6.04 Å². The molecule has 2 aromatic rings. The van der Waals surface area contributed by atoms with E-state index in [4.69, 9.17) is 9.47 Å². The largest absolute Gasteiger partial charge is 0.504 e. The summed E-state index contributed by atoms with van der Waals surface area (Å²) in [6.45, 7) is 6.58. The van der Waals surface area contributed by atoms with Crippen molar-refractivity contribution in [2.45, 2.75) is 26.8 Å². The fourth-order valence-electron chi connectivity index (χ4n) is 2.29. The van der Waals surface area contributed by atoms with E-state index in [1.54, 1.807) is 19.1 Å². The molecular formula is C20H25N3O4. The van der Waals surface area contributed by atoms with E-state index >= 15 is 0 Å². The Labute approximate surface area is 159 Å². The Morgan fingerprint density at radius 3 is 2.48 bits per heavy atom. The minimum absolute atomic E-state index is 0.0256. The second kappa shape index (κ2) is 10.1. The van der Waals surface area contributed by atoms with E-state index in [0.29, 0.717) is 24.5 Å². The number of hydrazone groups is 1. The van der Waals surface area contributed by atoms with Crippen molar-refractivity contribution >= 4 is 17.8 Å². The number of ether oxygens (including phenoxy) is 2. The predicted octanol–water partition coefficient (Wildman–Crippen LogP) is 3.14. The summed E-state index contributed by atoms with van der Waals surface area (Å²) in [4.78, 5) is 12.1. The third-order valence-corrected chi connectivity index (χ3v) is 3.61. The number of hydrogen-bond donors (Lipinski definition) is 3. The molecule has 2 aromatic carbocycles. The first kappa shape index (κ1) is 20.1. The van der Waals surface area contributed by atoms with Crippen LogP contribution in [0.2, 0.25) is 0 Å². The standard InChI is InChI=1S/C20H25N3O4/c1-4-26-17-9-7-16(8-10-17)22-14(3)20(25)23-21-13-15-6-11-19(27-5-2)18(24)12-15/h6-14,22,24H,4-5H2,1-3H3,(H,23,25)/b21-13-/t14-/m0/s1. The number of nitrogens with zero attached hydrogens (tertiary/aromatic N) is 1. The Balaban J connectivity index is 1.86. The number of hydrogen-bond acceptors (Lipinski definition) is 6. The van der Waals surface area contributed by atoms with Gasteiger partial charge in [0, 0.05) is 5.69 Å². The van der Waals surface area contributed by atoms with Gasteiger partial charge in [-0.15, -0.1) is 0 Å². The SMILES string of the molecule is CCOc1ccc(N[C@@H](C)C(=O)N/N=C\c2ccc(OCC)c(O)c2)cc1. The van der Waals surface area contributed by atoms with Crippen molar-refractivity contribution in [1.29, 1.82) is 0 Å². The summed E-state index contributed by atoms with van der Waals surface area (Å²) in [6.07, 6.45) is 1.46. The number of phenolic OH excluding ortho intramolecular Hbond substituents is 1. The van der Waals surface area contributed by atoms with E-state index in [0.717, 1.165) is 11.4 Å². The first-order valence-corrected chi connectivity index (χ1v) is 8.81. The van der Waals surface area contributed by atoms with Gasteiger partial charge in [0.1, 0.15) is 11.8 Å². The molecule has 0 aliphatic heterocycles. The summed E-state index contributed by atoms with van der Waals surface area (Å²) >= 11 is 0. The number of benzene rings is 2. The highest BCUT2D eigenvalue weighted by Crippen LogP contribution is 2.26. The third-order valence-electron chi connectivity index (χ3n) is 3.61. The van der Waals surface area contributed by atoms with Crippen molar-refractivity contribution in [2.24, 2.45) is 5.10 Å². The molecule has 27 heavy (non-hydrogen) atoms. The van der Waals surface area contributed by atoms with Crippen molar-refractivity contribution in [3.8, 4) is 17.2 Å². The van der Waals surface area contributed by atoms with E-state index in [9.17, 15) is 9.90 Å². The van der Waals surface area contributed by atoms with Crippen molar-refractivity contribution < 1.29 is 19.4 Å². The maximum absolute atomic E-state index is 12.1. The number of phenols is 1. The van der Waals surface area contributed by atoms with Crippen LogP contribution in [-0.2, 0) is 4.79 Å². The van der Waals surface area contributed by atoms with Gasteiger partial charge in [-0.3, -0.25) is 4.79 Å². The summed E-state index contributed by atoms with van der Waals surface area (Å²) in [7, 11) is 0. The molecule has 1 atom stereocenters. The molecule has 0 saturated carbocycles. The van der Waals surface area contributed by atoms with Crippen LogP contribution < -0.4 is 20.2 Å². The Hall–Kier alpha value is -3.22. The summed E-state index contributed by atoms with van der Waals surface area (Å²) in [5.74, 6) is 0.933. The highest BCUT2D eigenvalue weighted by molar-refractivity contribution is 5.86. The molecule has 0 heterocycles. The van der Waals surface area contributed by atoms with Crippen LogP contribution in [0.1, 0.15) is 26.3 Å². The lowest BCUT2D eigenvalue weighted by molar-refractivity contribution is -0.121. The van der Waals surface area contributed by atoms with Gasteiger partial charge in [0.2, 0.25) is 0 Å². The number of aromatic hydroxyl groups is 1. The molecule has 7 heteroatoms. The Bertz CT molecular complexity index is 775. The van der Waals surface area contributed by atoms with Gasteiger partial charge in [-0.2, -0.15) is 5.10 Å². The third kappa shape index (κ3) is 6.22. The lowest BCUT2D eigenvalue weighted by Gasteiger charge is -2.14. The molecule has 0 bridgehead atoms. The Kier molecular flexibility index (Phi) is 7.49. The van der Waals surface area contributed by atoms with Crippen molar-refractivity contribution in [3.05, 3.63) is 48.0 Å². The molecule has 0 fully saturated rings. The molecule has 0 aromatic heterocycles. The number of rotatable bonds is 9. The summed E-state index contributed by atoms with van der Waals surface area (Å²) in [6, 6.07) is 11.8. The maximum Gasteiger partial charge on any atom is 0.262 e. The minimum atomic E-state index is -0.478. The monoisotopic (exact) mass is 371 g/mol. The number of nitrogens with one attached hydrogen (secondary N) is 2. The lowest BCUT2D eigenvalue weighted by Crippen LogP contribution is -2.34. The van der Waals surface area contributed by atoms with Crippen molar-refractivity contribution in [3.63, 3.8) is 0 Å². The zero-order valence-electron chi connectivity index (χ0n) is 15.7. The molecule has 3 N–H and O–H groups in total. The van der Waals surface area contributed by atoms with E-state index in [1.165, 1.54) is 12.3 Å². The van der Waals surface area contributed by atoms with Crippen molar-refractivity contribution in [1.82, 2.24) is 5.43 Å². The van der Waals surface area contributed by atoms with Gasteiger partial charge in [0.25, 0.3) is 5.91 Å². The first-order chi connectivity index (χ1) is 13.0. The zero-order valence-corrected chi connectivity index (χ0v) is 15.7. The molecule has 0 radical (unpaired) electrons. The normalized spacial score (nSPS) is 11.8. The van der Waals surface area contributed by atoms with Crippen LogP contribution in [-0.4, -0.2) is 36.5 Å². The summed E-state index contributed by atoms with van der Waals surface area (Å²) in [5, 5.41) is 16.9. The van der Waals surface area contributed by atoms with E-state index in [1.807, 2.05) is 38.1 Å². The van der Waals surface area contributed by atoms with Crippen LogP contribution >= 0.6 is 0 Å². The van der Waals surface area contributed by atoms with Gasteiger partial charge in [0.15, 0.2) is 11.5 Å². The first-order valence-electron chi connectivity index (χ1n) is 8.81. The van der Waals surface area contributed by atoms with Gasteiger partial charge in [-0.1, -0.05) is 0 Å².